The first-order valence-electron chi connectivity index (χ1n) is 5.63. The van der Waals surface area contributed by atoms with Gasteiger partial charge in [0, 0.05) is 26.2 Å². The first kappa shape index (κ1) is 14.6. The lowest BCUT2D eigenvalue weighted by Crippen LogP contribution is -2.07. The van der Waals surface area contributed by atoms with Gasteiger partial charge in [-0.2, -0.15) is 0 Å². The summed E-state index contributed by atoms with van der Waals surface area (Å²) in [6.07, 6.45) is 0. The Morgan fingerprint density at radius 2 is 1.89 bits per heavy atom. The maximum atomic E-state index is 13.3. The summed E-state index contributed by atoms with van der Waals surface area (Å²) in [4.78, 5) is 0. The van der Waals surface area contributed by atoms with E-state index in [1.165, 1.54) is 12.1 Å². The van der Waals surface area contributed by atoms with Crippen molar-refractivity contribution in [3.05, 3.63) is 62.3 Å². The zero-order valence-electron chi connectivity index (χ0n) is 10.1. The number of hydrogen-bond acceptors (Lipinski definition) is 1. The average molecular weight is 363 g/mol. The number of hydrogen-bond donors (Lipinski definition) is 1. The number of halogens is 4. The minimum Gasteiger partial charge on any atom is -0.378 e. The summed E-state index contributed by atoms with van der Waals surface area (Å²) in [5.41, 5.74) is 1.56. The Hall–Kier alpha value is -0.770. The lowest BCUT2D eigenvalue weighted by atomic mass is 10.1. The molecule has 1 atom stereocenters. The van der Waals surface area contributed by atoms with Crippen molar-refractivity contribution < 1.29 is 4.39 Å². The van der Waals surface area contributed by atoms with Gasteiger partial charge in [-0.3, -0.25) is 0 Å². The van der Waals surface area contributed by atoms with Crippen LogP contribution in [0.1, 0.15) is 18.5 Å². The molecule has 2 aromatic carbocycles. The van der Waals surface area contributed by atoms with Crippen LogP contribution in [0.3, 0.4) is 0 Å². The van der Waals surface area contributed by atoms with Crippen molar-refractivity contribution >= 4 is 44.8 Å². The van der Waals surface area contributed by atoms with Crippen molar-refractivity contribution in [3.8, 4) is 0 Å². The highest BCUT2D eigenvalue weighted by Gasteiger charge is 2.10. The van der Waals surface area contributed by atoms with Gasteiger partial charge in [-0.15, -0.1) is 0 Å². The molecule has 0 amide bonds. The molecular weight excluding hydrogens is 352 g/mol. The van der Waals surface area contributed by atoms with E-state index in [0.717, 1.165) is 10.0 Å². The summed E-state index contributed by atoms with van der Waals surface area (Å²) in [6, 6.07) is 9.95. The molecule has 0 saturated heterocycles. The molecule has 0 aliphatic heterocycles. The molecule has 2 rings (SSSR count). The predicted octanol–water partition coefficient (Wildman–Crippen LogP) is 6.07. The summed E-state index contributed by atoms with van der Waals surface area (Å²) < 4.78 is 14.2. The van der Waals surface area contributed by atoms with Gasteiger partial charge in [-0.1, -0.05) is 45.2 Å². The molecule has 100 valence electrons. The highest BCUT2D eigenvalue weighted by molar-refractivity contribution is 9.10. The van der Waals surface area contributed by atoms with Crippen molar-refractivity contribution in [3.63, 3.8) is 0 Å². The molecule has 2 aromatic rings. The molecule has 0 bridgehead atoms. The summed E-state index contributed by atoms with van der Waals surface area (Å²) in [6.45, 7) is 1.95. The quantitative estimate of drug-likeness (QED) is 0.698. The van der Waals surface area contributed by atoms with E-state index < -0.39 is 0 Å². The van der Waals surface area contributed by atoms with Crippen molar-refractivity contribution in [2.45, 2.75) is 13.0 Å². The standard InChI is InChI=1S/C14H11BrCl2FN/c1-8(13-3-2-9(15)4-14(13)17)19-12-6-10(16)5-11(18)7-12/h2-8,19H,1H3. The summed E-state index contributed by atoms with van der Waals surface area (Å²) >= 11 is 15.4. The lowest BCUT2D eigenvalue weighted by molar-refractivity contribution is 0.628. The van der Waals surface area contributed by atoms with Gasteiger partial charge in [0.05, 0.1) is 0 Å². The van der Waals surface area contributed by atoms with Crippen LogP contribution >= 0.6 is 39.1 Å². The highest BCUT2D eigenvalue weighted by Crippen LogP contribution is 2.29. The van der Waals surface area contributed by atoms with Crippen LogP contribution < -0.4 is 5.32 Å². The molecule has 0 aromatic heterocycles. The van der Waals surface area contributed by atoms with Crippen molar-refractivity contribution in [2.24, 2.45) is 0 Å². The second-order valence-corrected chi connectivity index (χ2v) is 5.95. The first-order valence-corrected chi connectivity index (χ1v) is 7.18. The summed E-state index contributed by atoms with van der Waals surface area (Å²) in [5.74, 6) is -0.371. The molecule has 1 N–H and O–H groups in total. The van der Waals surface area contributed by atoms with Crippen LogP contribution in [0.15, 0.2) is 40.9 Å². The average Bonchev–Trinajstić information content (AvgIpc) is 2.26. The maximum absolute atomic E-state index is 13.3. The fourth-order valence-electron chi connectivity index (χ4n) is 1.82. The van der Waals surface area contributed by atoms with E-state index in [-0.39, 0.29) is 11.9 Å². The molecule has 0 spiro atoms. The van der Waals surface area contributed by atoms with Crippen LogP contribution in [-0.2, 0) is 0 Å². The summed E-state index contributed by atoms with van der Waals surface area (Å²) in [7, 11) is 0. The van der Waals surface area contributed by atoms with Crippen LogP contribution in [0.25, 0.3) is 0 Å². The fraction of sp³-hybridized carbons (Fsp3) is 0.143. The topological polar surface area (TPSA) is 12.0 Å². The number of benzene rings is 2. The molecule has 1 unspecified atom stereocenters. The molecule has 0 saturated carbocycles. The number of nitrogens with one attached hydrogen (secondary N) is 1. The third-order valence-electron chi connectivity index (χ3n) is 2.67. The van der Waals surface area contributed by atoms with E-state index >= 15 is 0 Å². The van der Waals surface area contributed by atoms with E-state index in [4.69, 9.17) is 23.2 Å². The molecule has 1 nitrogen and oxygen atoms in total. The molecule has 19 heavy (non-hydrogen) atoms. The van der Waals surface area contributed by atoms with Gasteiger partial charge in [-0.05, 0) is 42.8 Å². The van der Waals surface area contributed by atoms with Gasteiger partial charge >= 0.3 is 0 Å². The van der Waals surface area contributed by atoms with Gasteiger partial charge in [0.25, 0.3) is 0 Å². The van der Waals surface area contributed by atoms with Crippen LogP contribution in [0.4, 0.5) is 10.1 Å². The molecular formula is C14H11BrCl2FN. The zero-order valence-corrected chi connectivity index (χ0v) is 13.2. The highest BCUT2D eigenvalue weighted by atomic mass is 79.9. The minimum absolute atomic E-state index is 0.0570. The van der Waals surface area contributed by atoms with E-state index in [1.807, 2.05) is 25.1 Å². The Morgan fingerprint density at radius 1 is 1.16 bits per heavy atom. The van der Waals surface area contributed by atoms with Crippen molar-refractivity contribution in [1.82, 2.24) is 0 Å². The van der Waals surface area contributed by atoms with Crippen LogP contribution in [0.2, 0.25) is 10.0 Å². The third kappa shape index (κ3) is 3.85. The second-order valence-electron chi connectivity index (χ2n) is 4.19. The monoisotopic (exact) mass is 361 g/mol. The zero-order chi connectivity index (χ0) is 14.0. The van der Waals surface area contributed by atoms with E-state index in [2.05, 4.69) is 21.2 Å². The second kappa shape index (κ2) is 6.12. The number of anilines is 1. The molecule has 0 fully saturated rings. The molecule has 5 heteroatoms. The minimum atomic E-state index is -0.371. The van der Waals surface area contributed by atoms with Crippen LogP contribution in [0, 0.1) is 5.82 Å². The maximum Gasteiger partial charge on any atom is 0.126 e. The van der Waals surface area contributed by atoms with Crippen molar-refractivity contribution in [1.29, 1.82) is 0 Å². The Bertz CT molecular complexity index is 584. The van der Waals surface area contributed by atoms with Crippen LogP contribution in [-0.4, -0.2) is 0 Å². The Kier molecular flexibility index (Phi) is 4.71. The van der Waals surface area contributed by atoms with Gasteiger partial charge in [0.1, 0.15) is 5.82 Å². The van der Waals surface area contributed by atoms with Gasteiger partial charge in [0.2, 0.25) is 0 Å². The Morgan fingerprint density at radius 3 is 2.53 bits per heavy atom. The van der Waals surface area contributed by atoms with E-state index in [9.17, 15) is 4.39 Å². The Labute approximate surface area is 129 Å². The largest absolute Gasteiger partial charge is 0.378 e. The fourth-order valence-corrected chi connectivity index (χ4v) is 2.88. The van der Waals surface area contributed by atoms with Gasteiger partial charge in [-0.25, -0.2) is 4.39 Å². The molecule has 0 aliphatic carbocycles. The van der Waals surface area contributed by atoms with Gasteiger partial charge < -0.3 is 5.32 Å². The molecule has 0 heterocycles. The summed E-state index contributed by atoms with van der Waals surface area (Å²) in [5, 5.41) is 4.18. The first-order chi connectivity index (χ1) is 8.95. The smallest absolute Gasteiger partial charge is 0.126 e. The predicted molar refractivity (Wildman–Crippen MR) is 82.6 cm³/mol. The Balaban J connectivity index is 2.22. The molecule has 0 aliphatic rings. The SMILES string of the molecule is CC(Nc1cc(F)cc(Cl)c1)c1ccc(Br)cc1Cl. The van der Waals surface area contributed by atoms with Crippen LogP contribution in [0.5, 0.6) is 0 Å². The van der Waals surface area contributed by atoms with E-state index in [0.29, 0.717) is 15.7 Å². The van der Waals surface area contributed by atoms with Crippen molar-refractivity contribution in [2.75, 3.05) is 5.32 Å². The number of rotatable bonds is 3. The normalized spacial score (nSPS) is 12.3. The lowest BCUT2D eigenvalue weighted by Gasteiger charge is -2.17. The third-order valence-corrected chi connectivity index (χ3v) is 3.71. The van der Waals surface area contributed by atoms with E-state index in [1.54, 1.807) is 6.07 Å². The van der Waals surface area contributed by atoms with Gasteiger partial charge in [0.15, 0.2) is 0 Å². The molecule has 0 radical (unpaired) electrons.